The van der Waals surface area contributed by atoms with Crippen LogP contribution in [0.25, 0.3) is 0 Å². The van der Waals surface area contributed by atoms with E-state index in [1.807, 2.05) is 12.4 Å². The van der Waals surface area contributed by atoms with Gasteiger partial charge in [0.05, 0.1) is 6.20 Å². The van der Waals surface area contributed by atoms with Gasteiger partial charge in [0.15, 0.2) is 0 Å². The lowest BCUT2D eigenvalue weighted by atomic mass is 10.1. The van der Waals surface area contributed by atoms with Crippen molar-refractivity contribution in [1.29, 1.82) is 0 Å². The zero-order valence-corrected chi connectivity index (χ0v) is 10.9. The van der Waals surface area contributed by atoms with Gasteiger partial charge in [-0.3, -0.25) is 5.10 Å². The van der Waals surface area contributed by atoms with Crippen molar-refractivity contribution in [3.05, 3.63) is 18.0 Å². The molecule has 17 heavy (non-hydrogen) atoms. The highest BCUT2D eigenvalue weighted by atomic mass is 15.1. The summed E-state index contributed by atoms with van der Waals surface area (Å²) in [5, 5.41) is 10.5. The van der Waals surface area contributed by atoms with Crippen LogP contribution < -0.4 is 5.32 Å². The second-order valence-corrected chi connectivity index (χ2v) is 5.24. The molecule has 1 unspecified atom stereocenters. The maximum Gasteiger partial charge on any atom is 0.0532 e. The smallest absolute Gasteiger partial charge is 0.0532 e. The minimum atomic E-state index is 0.661. The average molecular weight is 236 g/mol. The van der Waals surface area contributed by atoms with E-state index >= 15 is 0 Å². The number of hydrogen-bond donors (Lipinski definition) is 2. The Kier molecular flexibility index (Phi) is 4.57. The second-order valence-electron chi connectivity index (χ2n) is 5.24. The monoisotopic (exact) mass is 236 g/mol. The molecular weight excluding hydrogens is 212 g/mol. The van der Waals surface area contributed by atoms with Gasteiger partial charge in [-0.2, -0.15) is 5.10 Å². The average Bonchev–Trinajstić information content (AvgIpc) is 2.70. The normalized spacial score (nSPS) is 22.9. The maximum atomic E-state index is 3.97. The number of aromatic amines is 1. The molecule has 2 rings (SSSR count). The minimum absolute atomic E-state index is 0.661. The Bertz CT molecular complexity index is 307. The highest BCUT2D eigenvalue weighted by molar-refractivity contribution is 5.01. The van der Waals surface area contributed by atoms with Crippen molar-refractivity contribution in [2.24, 2.45) is 0 Å². The lowest BCUT2D eigenvalue weighted by Crippen LogP contribution is -2.33. The molecule has 4 heteroatoms. The minimum Gasteiger partial charge on any atom is -0.310 e. The SMILES string of the molecule is CC(C)N1CCCC(NCc2cn[nH]c2)CC1. The summed E-state index contributed by atoms with van der Waals surface area (Å²) in [6, 6.07) is 1.34. The predicted molar refractivity (Wildman–Crippen MR) is 69.8 cm³/mol. The fraction of sp³-hybridized carbons (Fsp3) is 0.769. The molecule has 1 aliphatic rings. The first kappa shape index (κ1) is 12.6. The highest BCUT2D eigenvalue weighted by Gasteiger charge is 2.18. The highest BCUT2D eigenvalue weighted by Crippen LogP contribution is 2.13. The lowest BCUT2D eigenvalue weighted by Gasteiger charge is -2.24. The van der Waals surface area contributed by atoms with Crippen LogP contribution in [0, 0.1) is 0 Å². The van der Waals surface area contributed by atoms with Crippen molar-refractivity contribution in [1.82, 2.24) is 20.4 Å². The molecular formula is C13H24N4. The van der Waals surface area contributed by atoms with Crippen molar-refractivity contribution in [2.45, 2.75) is 51.7 Å². The van der Waals surface area contributed by atoms with Crippen LogP contribution >= 0.6 is 0 Å². The fourth-order valence-corrected chi connectivity index (χ4v) is 2.48. The fourth-order valence-electron chi connectivity index (χ4n) is 2.48. The van der Waals surface area contributed by atoms with Crippen LogP contribution in [-0.4, -0.2) is 40.3 Å². The molecule has 0 saturated carbocycles. The molecule has 2 heterocycles. The van der Waals surface area contributed by atoms with Gasteiger partial charge in [-0.1, -0.05) is 0 Å². The zero-order valence-electron chi connectivity index (χ0n) is 10.9. The van der Waals surface area contributed by atoms with E-state index in [0.29, 0.717) is 12.1 Å². The first-order chi connectivity index (χ1) is 8.25. The number of nitrogens with one attached hydrogen (secondary N) is 2. The molecule has 0 aliphatic carbocycles. The molecule has 0 radical (unpaired) electrons. The van der Waals surface area contributed by atoms with E-state index in [2.05, 4.69) is 34.3 Å². The third-order valence-corrected chi connectivity index (χ3v) is 3.64. The van der Waals surface area contributed by atoms with Gasteiger partial charge in [-0.05, 0) is 46.2 Å². The quantitative estimate of drug-likeness (QED) is 0.837. The van der Waals surface area contributed by atoms with E-state index < -0.39 is 0 Å². The van der Waals surface area contributed by atoms with E-state index in [-0.39, 0.29) is 0 Å². The first-order valence-corrected chi connectivity index (χ1v) is 6.71. The summed E-state index contributed by atoms with van der Waals surface area (Å²) >= 11 is 0. The number of likely N-dealkylation sites (tertiary alicyclic amines) is 1. The van der Waals surface area contributed by atoms with Crippen LogP contribution in [0.1, 0.15) is 38.7 Å². The number of aromatic nitrogens is 2. The van der Waals surface area contributed by atoms with Gasteiger partial charge in [0, 0.05) is 30.4 Å². The summed E-state index contributed by atoms with van der Waals surface area (Å²) in [5.41, 5.74) is 1.25. The van der Waals surface area contributed by atoms with E-state index in [9.17, 15) is 0 Å². The Hall–Kier alpha value is -0.870. The summed E-state index contributed by atoms with van der Waals surface area (Å²) < 4.78 is 0. The van der Waals surface area contributed by atoms with Crippen molar-refractivity contribution in [3.63, 3.8) is 0 Å². The van der Waals surface area contributed by atoms with Crippen molar-refractivity contribution in [2.75, 3.05) is 13.1 Å². The number of H-pyrrole nitrogens is 1. The van der Waals surface area contributed by atoms with Gasteiger partial charge < -0.3 is 10.2 Å². The molecule has 4 nitrogen and oxygen atoms in total. The van der Waals surface area contributed by atoms with E-state index in [1.54, 1.807) is 0 Å². The summed E-state index contributed by atoms with van der Waals surface area (Å²) in [6.07, 6.45) is 7.71. The molecule has 2 N–H and O–H groups in total. The standard InChI is InChI=1S/C13H24N4/c1-11(2)17-6-3-4-13(5-7-17)14-8-12-9-15-16-10-12/h9-11,13-14H,3-8H2,1-2H3,(H,15,16). The van der Waals surface area contributed by atoms with Crippen molar-refractivity contribution >= 4 is 0 Å². The van der Waals surface area contributed by atoms with E-state index in [4.69, 9.17) is 0 Å². The van der Waals surface area contributed by atoms with Crippen LogP contribution in [-0.2, 0) is 6.54 Å². The second kappa shape index (κ2) is 6.17. The molecule has 0 bridgehead atoms. The van der Waals surface area contributed by atoms with Gasteiger partial charge >= 0.3 is 0 Å². The Balaban J connectivity index is 1.75. The summed E-state index contributed by atoms with van der Waals surface area (Å²) in [5.74, 6) is 0. The topological polar surface area (TPSA) is 44.0 Å². The summed E-state index contributed by atoms with van der Waals surface area (Å²) in [7, 11) is 0. The van der Waals surface area contributed by atoms with Crippen molar-refractivity contribution in [3.8, 4) is 0 Å². The molecule has 1 aromatic rings. The molecule has 0 amide bonds. The van der Waals surface area contributed by atoms with Gasteiger partial charge in [0.25, 0.3) is 0 Å². The maximum absolute atomic E-state index is 3.97. The lowest BCUT2D eigenvalue weighted by molar-refractivity contribution is 0.229. The van der Waals surface area contributed by atoms with E-state index in [0.717, 1.165) is 6.54 Å². The Morgan fingerprint density at radius 1 is 1.47 bits per heavy atom. The zero-order chi connectivity index (χ0) is 12.1. The molecule has 1 fully saturated rings. The van der Waals surface area contributed by atoms with Crippen LogP contribution in [0.5, 0.6) is 0 Å². The predicted octanol–water partition coefficient (Wildman–Crippen LogP) is 1.76. The molecule has 1 aromatic heterocycles. The Morgan fingerprint density at radius 2 is 2.35 bits per heavy atom. The third-order valence-electron chi connectivity index (χ3n) is 3.64. The van der Waals surface area contributed by atoms with Crippen LogP contribution in [0.4, 0.5) is 0 Å². The molecule has 1 atom stereocenters. The molecule has 1 aliphatic heterocycles. The van der Waals surface area contributed by atoms with Gasteiger partial charge in [0.2, 0.25) is 0 Å². The van der Waals surface area contributed by atoms with Crippen LogP contribution in [0.15, 0.2) is 12.4 Å². The molecule has 0 aromatic carbocycles. The van der Waals surface area contributed by atoms with Gasteiger partial charge in [0.1, 0.15) is 0 Å². The molecule has 0 spiro atoms. The largest absolute Gasteiger partial charge is 0.310 e. The summed E-state index contributed by atoms with van der Waals surface area (Å²) in [4.78, 5) is 2.58. The number of hydrogen-bond acceptors (Lipinski definition) is 3. The number of rotatable bonds is 4. The van der Waals surface area contributed by atoms with E-state index in [1.165, 1.54) is 37.9 Å². The van der Waals surface area contributed by atoms with Gasteiger partial charge in [-0.15, -0.1) is 0 Å². The van der Waals surface area contributed by atoms with Gasteiger partial charge in [-0.25, -0.2) is 0 Å². The third kappa shape index (κ3) is 3.82. The van der Waals surface area contributed by atoms with Crippen molar-refractivity contribution < 1.29 is 0 Å². The molecule has 96 valence electrons. The molecule has 1 saturated heterocycles. The Labute approximate surface area is 104 Å². The first-order valence-electron chi connectivity index (χ1n) is 6.71. The summed E-state index contributed by atoms with van der Waals surface area (Å²) in [6.45, 7) is 7.99. The van der Waals surface area contributed by atoms with Crippen LogP contribution in [0.3, 0.4) is 0 Å². The van der Waals surface area contributed by atoms with Crippen LogP contribution in [0.2, 0.25) is 0 Å². The Morgan fingerprint density at radius 3 is 3.06 bits per heavy atom. The number of nitrogens with zero attached hydrogens (tertiary/aromatic N) is 2.